The van der Waals surface area contributed by atoms with Crippen molar-refractivity contribution in [2.45, 2.75) is 31.7 Å². The van der Waals surface area contributed by atoms with Crippen LogP contribution in [0.2, 0.25) is 0 Å². The van der Waals surface area contributed by atoms with Gasteiger partial charge in [0.1, 0.15) is 0 Å². The van der Waals surface area contributed by atoms with E-state index in [1.165, 1.54) is 0 Å². The van der Waals surface area contributed by atoms with E-state index in [9.17, 15) is 18.0 Å². The second-order valence-corrected chi connectivity index (χ2v) is 8.42. The number of likely N-dealkylation sites (tertiary alicyclic amines) is 1. The highest BCUT2D eigenvalue weighted by molar-refractivity contribution is 7.91. The molecular formula is C13H20N2O4S. The number of rotatable bonds is 4. The SMILES string of the molecule is O=C(NC[C@@H]1CCS(=O)(=O)C1)[C@@H]1CC(=O)N(C2CC2)C1. The van der Waals surface area contributed by atoms with E-state index < -0.39 is 9.84 Å². The molecule has 7 heteroatoms. The molecule has 2 heterocycles. The first-order chi connectivity index (χ1) is 9.44. The summed E-state index contributed by atoms with van der Waals surface area (Å²) in [6, 6.07) is 0.361. The van der Waals surface area contributed by atoms with Gasteiger partial charge in [-0.1, -0.05) is 0 Å². The third-order valence-electron chi connectivity index (χ3n) is 4.41. The van der Waals surface area contributed by atoms with E-state index >= 15 is 0 Å². The molecule has 3 rings (SSSR count). The van der Waals surface area contributed by atoms with Gasteiger partial charge in [0.25, 0.3) is 0 Å². The lowest BCUT2D eigenvalue weighted by Gasteiger charge is -2.16. The molecule has 6 nitrogen and oxygen atoms in total. The van der Waals surface area contributed by atoms with E-state index in [1.54, 1.807) is 0 Å². The molecule has 1 aliphatic carbocycles. The third kappa shape index (κ3) is 2.97. The molecule has 1 N–H and O–H groups in total. The van der Waals surface area contributed by atoms with Crippen LogP contribution in [0.5, 0.6) is 0 Å². The maximum Gasteiger partial charge on any atom is 0.225 e. The summed E-state index contributed by atoms with van der Waals surface area (Å²) in [7, 11) is -2.90. The summed E-state index contributed by atoms with van der Waals surface area (Å²) in [4.78, 5) is 25.7. The highest BCUT2D eigenvalue weighted by Gasteiger charge is 2.41. The van der Waals surface area contributed by atoms with Crippen molar-refractivity contribution in [3.05, 3.63) is 0 Å². The predicted molar refractivity (Wildman–Crippen MR) is 72.6 cm³/mol. The van der Waals surface area contributed by atoms with E-state index in [2.05, 4.69) is 5.32 Å². The summed E-state index contributed by atoms with van der Waals surface area (Å²) in [6.07, 6.45) is 3.03. The minimum absolute atomic E-state index is 0.0283. The molecule has 2 aliphatic heterocycles. The smallest absolute Gasteiger partial charge is 0.225 e. The molecule has 0 aromatic heterocycles. The monoisotopic (exact) mass is 300 g/mol. The number of nitrogens with one attached hydrogen (secondary N) is 1. The zero-order chi connectivity index (χ0) is 14.3. The van der Waals surface area contributed by atoms with Gasteiger partial charge in [-0.2, -0.15) is 0 Å². The number of amides is 2. The molecule has 20 heavy (non-hydrogen) atoms. The molecule has 0 bridgehead atoms. The van der Waals surface area contributed by atoms with Crippen LogP contribution in [0.25, 0.3) is 0 Å². The summed E-state index contributed by atoms with van der Waals surface area (Å²) < 4.78 is 22.7. The topological polar surface area (TPSA) is 83.5 Å². The van der Waals surface area contributed by atoms with Crippen LogP contribution in [0.1, 0.15) is 25.7 Å². The number of hydrogen-bond donors (Lipinski definition) is 1. The third-order valence-corrected chi connectivity index (χ3v) is 6.25. The molecule has 3 fully saturated rings. The van der Waals surface area contributed by atoms with Crippen molar-refractivity contribution in [2.24, 2.45) is 11.8 Å². The first kappa shape index (κ1) is 13.9. The van der Waals surface area contributed by atoms with Gasteiger partial charge < -0.3 is 10.2 Å². The first-order valence-electron chi connectivity index (χ1n) is 7.22. The second-order valence-electron chi connectivity index (χ2n) is 6.19. The molecule has 2 atom stereocenters. The molecule has 0 aromatic rings. The Balaban J connectivity index is 1.47. The fourth-order valence-electron chi connectivity index (χ4n) is 3.07. The molecule has 3 aliphatic rings. The predicted octanol–water partition coefficient (Wildman–Crippen LogP) is -0.452. The molecule has 112 valence electrons. The lowest BCUT2D eigenvalue weighted by Crippen LogP contribution is -2.36. The van der Waals surface area contributed by atoms with E-state index in [-0.39, 0.29) is 35.2 Å². The molecular weight excluding hydrogens is 280 g/mol. The molecule has 0 radical (unpaired) electrons. The molecule has 0 unspecified atom stereocenters. The van der Waals surface area contributed by atoms with Crippen LogP contribution in [-0.2, 0) is 19.4 Å². The largest absolute Gasteiger partial charge is 0.355 e. The Morgan fingerprint density at radius 3 is 2.65 bits per heavy atom. The van der Waals surface area contributed by atoms with Crippen molar-refractivity contribution in [3.63, 3.8) is 0 Å². The average molecular weight is 300 g/mol. The summed E-state index contributed by atoms with van der Waals surface area (Å²) >= 11 is 0. The van der Waals surface area contributed by atoms with Crippen LogP contribution in [0.15, 0.2) is 0 Å². The summed E-state index contributed by atoms with van der Waals surface area (Å²) in [5.41, 5.74) is 0. The molecule has 2 amide bonds. The second kappa shape index (κ2) is 5.02. The van der Waals surface area contributed by atoms with Gasteiger partial charge in [-0.25, -0.2) is 8.42 Å². The minimum atomic E-state index is -2.90. The van der Waals surface area contributed by atoms with Gasteiger partial charge in [0.2, 0.25) is 11.8 Å². The van der Waals surface area contributed by atoms with Crippen LogP contribution >= 0.6 is 0 Å². The summed E-state index contributed by atoms with van der Waals surface area (Å²) in [5, 5.41) is 2.82. The zero-order valence-electron chi connectivity index (χ0n) is 11.4. The van der Waals surface area contributed by atoms with Gasteiger partial charge in [-0.3, -0.25) is 9.59 Å². The van der Waals surface area contributed by atoms with Crippen LogP contribution in [-0.4, -0.2) is 55.8 Å². The van der Waals surface area contributed by atoms with Gasteiger partial charge in [0.05, 0.1) is 17.4 Å². The highest BCUT2D eigenvalue weighted by Crippen LogP contribution is 2.32. The molecule has 0 aromatic carbocycles. The van der Waals surface area contributed by atoms with Crippen molar-refractivity contribution < 1.29 is 18.0 Å². The Hall–Kier alpha value is -1.11. The number of nitrogens with zero attached hydrogens (tertiary/aromatic N) is 1. The van der Waals surface area contributed by atoms with E-state index in [0.29, 0.717) is 32.0 Å². The Morgan fingerprint density at radius 1 is 1.30 bits per heavy atom. The van der Waals surface area contributed by atoms with Crippen molar-refractivity contribution in [1.82, 2.24) is 10.2 Å². The Morgan fingerprint density at radius 2 is 2.05 bits per heavy atom. The summed E-state index contributed by atoms with van der Waals surface area (Å²) in [6.45, 7) is 0.935. The van der Waals surface area contributed by atoms with Gasteiger partial charge in [-0.05, 0) is 25.2 Å². The van der Waals surface area contributed by atoms with Gasteiger partial charge >= 0.3 is 0 Å². The van der Waals surface area contributed by atoms with Gasteiger partial charge in [0, 0.05) is 25.6 Å². The molecule has 2 saturated heterocycles. The number of carbonyl (C=O) groups excluding carboxylic acids is 2. The van der Waals surface area contributed by atoms with Crippen molar-refractivity contribution in [3.8, 4) is 0 Å². The van der Waals surface area contributed by atoms with Gasteiger partial charge in [0.15, 0.2) is 9.84 Å². The number of sulfone groups is 1. The van der Waals surface area contributed by atoms with Crippen LogP contribution in [0.3, 0.4) is 0 Å². The lowest BCUT2D eigenvalue weighted by atomic mass is 10.1. The molecule has 1 saturated carbocycles. The van der Waals surface area contributed by atoms with Crippen molar-refractivity contribution in [2.75, 3.05) is 24.6 Å². The quantitative estimate of drug-likeness (QED) is 0.762. The zero-order valence-corrected chi connectivity index (χ0v) is 12.2. The van der Waals surface area contributed by atoms with E-state index in [1.807, 2.05) is 4.90 Å². The normalized spacial score (nSPS) is 32.6. The maximum absolute atomic E-state index is 12.1. The van der Waals surface area contributed by atoms with Crippen LogP contribution in [0.4, 0.5) is 0 Å². The van der Waals surface area contributed by atoms with Crippen LogP contribution in [0, 0.1) is 11.8 Å². The number of hydrogen-bond acceptors (Lipinski definition) is 4. The molecule has 0 spiro atoms. The summed E-state index contributed by atoms with van der Waals surface area (Å²) in [5.74, 6) is 0.138. The highest BCUT2D eigenvalue weighted by atomic mass is 32.2. The van der Waals surface area contributed by atoms with E-state index in [4.69, 9.17) is 0 Å². The van der Waals surface area contributed by atoms with Gasteiger partial charge in [-0.15, -0.1) is 0 Å². The Labute approximate surface area is 118 Å². The minimum Gasteiger partial charge on any atom is -0.355 e. The standard InChI is InChI=1S/C13H20N2O4S/c16-12-5-10(7-15(12)11-1-2-11)13(17)14-6-9-3-4-20(18,19)8-9/h9-11H,1-8H2,(H,14,17)/t9-,10+/m0/s1. The number of carbonyl (C=O) groups is 2. The fraction of sp³-hybridized carbons (Fsp3) is 0.846. The maximum atomic E-state index is 12.1. The fourth-order valence-corrected chi connectivity index (χ4v) is 4.93. The van der Waals surface area contributed by atoms with Crippen molar-refractivity contribution in [1.29, 1.82) is 0 Å². The van der Waals surface area contributed by atoms with E-state index in [0.717, 1.165) is 12.8 Å². The Kier molecular flexibility index (Phi) is 3.48. The lowest BCUT2D eigenvalue weighted by molar-refractivity contribution is -0.129. The van der Waals surface area contributed by atoms with Crippen molar-refractivity contribution >= 4 is 21.7 Å². The first-order valence-corrected chi connectivity index (χ1v) is 9.04. The Bertz CT molecular complexity index is 526. The van der Waals surface area contributed by atoms with Crippen LogP contribution < -0.4 is 5.32 Å². The average Bonchev–Trinajstić information content (AvgIpc) is 3.06.